The summed E-state index contributed by atoms with van der Waals surface area (Å²) in [5.41, 5.74) is 5.71. The molecule has 0 aromatic heterocycles. The van der Waals surface area contributed by atoms with Crippen LogP contribution in [0.3, 0.4) is 0 Å². The maximum atomic E-state index is 11.7. The van der Waals surface area contributed by atoms with E-state index in [0.29, 0.717) is 12.5 Å². The predicted molar refractivity (Wildman–Crippen MR) is 70.5 cm³/mol. The van der Waals surface area contributed by atoms with Gasteiger partial charge in [0.05, 0.1) is 6.04 Å². The number of hydrogen-bond donors (Lipinski definition) is 2. The molecule has 1 aliphatic rings. The van der Waals surface area contributed by atoms with Crippen molar-refractivity contribution in [1.82, 2.24) is 5.32 Å². The Hall–Kier alpha value is -0.480. The average Bonchev–Trinajstić information content (AvgIpc) is 2.30. The number of thioether (sulfide) groups is 1. The molecule has 0 radical (unpaired) electrons. The summed E-state index contributed by atoms with van der Waals surface area (Å²) in [6.45, 7) is 3.59. The monoisotopic (exact) mass is 242 g/mol. The third-order valence-corrected chi connectivity index (χ3v) is 4.25. The van der Waals surface area contributed by atoms with Crippen molar-refractivity contribution in [2.75, 3.05) is 6.26 Å². The highest BCUT2D eigenvalue weighted by atomic mass is 32.2. The van der Waals surface area contributed by atoms with E-state index in [2.05, 4.69) is 18.2 Å². The van der Waals surface area contributed by atoms with E-state index in [9.17, 15) is 4.79 Å². The second-order valence-corrected chi connectivity index (χ2v) is 5.49. The zero-order chi connectivity index (χ0) is 12.0. The van der Waals surface area contributed by atoms with E-state index in [1.807, 2.05) is 11.8 Å². The fourth-order valence-electron chi connectivity index (χ4n) is 2.04. The minimum absolute atomic E-state index is 0.0347. The van der Waals surface area contributed by atoms with Gasteiger partial charge >= 0.3 is 0 Å². The van der Waals surface area contributed by atoms with Crippen LogP contribution >= 0.6 is 11.8 Å². The Labute approximate surface area is 102 Å². The zero-order valence-corrected chi connectivity index (χ0v) is 10.8. The van der Waals surface area contributed by atoms with Crippen LogP contribution in [0.5, 0.6) is 0 Å². The van der Waals surface area contributed by atoms with Crippen molar-refractivity contribution in [1.29, 1.82) is 0 Å². The third-order valence-electron chi connectivity index (χ3n) is 3.11. The van der Waals surface area contributed by atoms with Crippen molar-refractivity contribution in [3.05, 3.63) is 12.7 Å². The van der Waals surface area contributed by atoms with Gasteiger partial charge in [0.15, 0.2) is 0 Å². The first-order valence-corrected chi connectivity index (χ1v) is 7.15. The van der Waals surface area contributed by atoms with Gasteiger partial charge in [-0.3, -0.25) is 4.79 Å². The number of hydrogen-bond acceptors (Lipinski definition) is 3. The molecule has 0 saturated heterocycles. The molecule has 1 amide bonds. The van der Waals surface area contributed by atoms with E-state index in [-0.39, 0.29) is 5.91 Å². The molecule has 1 fully saturated rings. The first-order valence-electron chi connectivity index (χ1n) is 5.87. The van der Waals surface area contributed by atoms with Gasteiger partial charge in [0.2, 0.25) is 5.91 Å². The molecule has 0 heterocycles. The number of nitrogens with one attached hydrogen (secondary N) is 1. The van der Waals surface area contributed by atoms with Crippen LogP contribution in [0.25, 0.3) is 0 Å². The van der Waals surface area contributed by atoms with Gasteiger partial charge in [0, 0.05) is 11.3 Å². The summed E-state index contributed by atoms with van der Waals surface area (Å²) in [6, 6.07) is -0.109. The molecule has 1 rings (SSSR count). The summed E-state index contributed by atoms with van der Waals surface area (Å²) < 4.78 is 0. The lowest BCUT2D eigenvalue weighted by molar-refractivity contribution is -0.123. The lowest BCUT2D eigenvalue weighted by Gasteiger charge is -2.28. The molecule has 0 aromatic carbocycles. The Kier molecular flexibility index (Phi) is 5.91. The minimum Gasteiger partial charge on any atom is -0.352 e. The fourth-order valence-corrected chi connectivity index (χ4v) is 2.78. The lowest BCUT2D eigenvalue weighted by Crippen LogP contribution is -2.46. The van der Waals surface area contributed by atoms with Crippen molar-refractivity contribution >= 4 is 17.7 Å². The molecule has 0 spiro atoms. The Balaban J connectivity index is 2.27. The molecule has 16 heavy (non-hydrogen) atoms. The van der Waals surface area contributed by atoms with E-state index in [1.54, 1.807) is 6.08 Å². The standard InChI is InChI=1S/C12H22N2OS/c1-3-4-11(13)12(15)14-9-5-7-10(16-2)8-6-9/h3,9-11H,1,4-8,13H2,2H3,(H,14,15). The van der Waals surface area contributed by atoms with Gasteiger partial charge in [0.1, 0.15) is 0 Å². The highest BCUT2D eigenvalue weighted by Gasteiger charge is 2.23. The van der Waals surface area contributed by atoms with Crippen LogP contribution in [-0.4, -0.2) is 29.5 Å². The van der Waals surface area contributed by atoms with Crippen molar-refractivity contribution in [2.24, 2.45) is 5.73 Å². The molecule has 1 saturated carbocycles. The molecule has 3 nitrogen and oxygen atoms in total. The Morgan fingerprint density at radius 3 is 2.69 bits per heavy atom. The summed E-state index contributed by atoms with van der Waals surface area (Å²) in [5, 5.41) is 3.80. The van der Waals surface area contributed by atoms with Crippen molar-refractivity contribution in [3.63, 3.8) is 0 Å². The Bertz CT molecular complexity index is 237. The summed E-state index contributed by atoms with van der Waals surface area (Å²) >= 11 is 1.93. The van der Waals surface area contributed by atoms with E-state index in [0.717, 1.165) is 18.1 Å². The van der Waals surface area contributed by atoms with Gasteiger partial charge < -0.3 is 11.1 Å². The molecule has 0 aromatic rings. The second kappa shape index (κ2) is 6.97. The van der Waals surface area contributed by atoms with E-state index >= 15 is 0 Å². The molecule has 3 N–H and O–H groups in total. The van der Waals surface area contributed by atoms with Crippen LogP contribution in [0, 0.1) is 0 Å². The highest BCUT2D eigenvalue weighted by Crippen LogP contribution is 2.26. The quantitative estimate of drug-likeness (QED) is 0.721. The topological polar surface area (TPSA) is 55.1 Å². The van der Waals surface area contributed by atoms with E-state index in [1.165, 1.54) is 12.8 Å². The first kappa shape index (κ1) is 13.6. The maximum Gasteiger partial charge on any atom is 0.237 e. The number of nitrogens with two attached hydrogens (primary N) is 1. The molecule has 1 aliphatic carbocycles. The normalized spacial score (nSPS) is 27.1. The van der Waals surface area contributed by atoms with Gasteiger partial charge in [-0.15, -0.1) is 6.58 Å². The molecule has 4 heteroatoms. The van der Waals surface area contributed by atoms with Crippen LogP contribution in [0.4, 0.5) is 0 Å². The zero-order valence-electron chi connectivity index (χ0n) is 9.95. The van der Waals surface area contributed by atoms with Crippen LogP contribution in [0.2, 0.25) is 0 Å². The smallest absolute Gasteiger partial charge is 0.237 e. The van der Waals surface area contributed by atoms with Crippen molar-refractivity contribution in [3.8, 4) is 0 Å². The lowest BCUT2D eigenvalue weighted by atomic mass is 9.94. The molecule has 1 atom stereocenters. The van der Waals surface area contributed by atoms with Gasteiger partial charge in [-0.05, 0) is 38.4 Å². The Morgan fingerprint density at radius 2 is 2.19 bits per heavy atom. The van der Waals surface area contributed by atoms with E-state index in [4.69, 9.17) is 5.73 Å². The van der Waals surface area contributed by atoms with E-state index < -0.39 is 6.04 Å². The summed E-state index contributed by atoms with van der Waals surface area (Å²) in [7, 11) is 0. The average molecular weight is 242 g/mol. The number of rotatable bonds is 5. The van der Waals surface area contributed by atoms with Crippen LogP contribution < -0.4 is 11.1 Å². The maximum absolute atomic E-state index is 11.7. The number of carbonyl (C=O) groups excluding carboxylic acids is 1. The second-order valence-electron chi connectivity index (χ2n) is 4.35. The molecular weight excluding hydrogens is 220 g/mol. The van der Waals surface area contributed by atoms with Crippen LogP contribution in [-0.2, 0) is 4.79 Å². The molecule has 0 bridgehead atoms. The molecule has 92 valence electrons. The van der Waals surface area contributed by atoms with Gasteiger partial charge in [-0.2, -0.15) is 11.8 Å². The predicted octanol–water partition coefficient (Wildman–Crippen LogP) is 1.68. The number of amides is 1. The van der Waals surface area contributed by atoms with Gasteiger partial charge in [-0.25, -0.2) is 0 Å². The summed E-state index contributed by atoms with van der Waals surface area (Å²) in [6.07, 6.45) is 8.95. The summed E-state index contributed by atoms with van der Waals surface area (Å²) in [5.74, 6) is -0.0347. The first-order chi connectivity index (χ1) is 7.67. The third kappa shape index (κ3) is 4.18. The van der Waals surface area contributed by atoms with Crippen LogP contribution in [0.15, 0.2) is 12.7 Å². The Morgan fingerprint density at radius 1 is 1.56 bits per heavy atom. The number of carbonyl (C=O) groups is 1. The van der Waals surface area contributed by atoms with Crippen LogP contribution in [0.1, 0.15) is 32.1 Å². The molecule has 0 aliphatic heterocycles. The largest absolute Gasteiger partial charge is 0.352 e. The SMILES string of the molecule is C=CCC(N)C(=O)NC1CCC(SC)CC1. The minimum atomic E-state index is -0.434. The van der Waals surface area contributed by atoms with Crippen molar-refractivity contribution in [2.45, 2.75) is 49.4 Å². The molecule has 1 unspecified atom stereocenters. The van der Waals surface area contributed by atoms with Crippen molar-refractivity contribution < 1.29 is 4.79 Å². The highest BCUT2D eigenvalue weighted by molar-refractivity contribution is 7.99. The summed E-state index contributed by atoms with van der Waals surface area (Å²) in [4.78, 5) is 11.7. The fraction of sp³-hybridized carbons (Fsp3) is 0.750. The van der Waals surface area contributed by atoms with Gasteiger partial charge in [0.25, 0.3) is 0 Å². The molecular formula is C12H22N2OS. The van der Waals surface area contributed by atoms with Gasteiger partial charge in [-0.1, -0.05) is 6.08 Å².